The van der Waals surface area contributed by atoms with Crippen LogP contribution in [0.1, 0.15) is 31.8 Å². The number of benzene rings is 3. The molecular weight excluding hydrogens is 446 g/mol. The number of nitrogens with two attached hydrogens (primary N) is 1. The van der Waals surface area contributed by atoms with Crippen molar-refractivity contribution in [1.29, 1.82) is 0 Å². The van der Waals surface area contributed by atoms with E-state index in [1.807, 2.05) is 0 Å². The smallest absolute Gasteiger partial charge is 0.325 e. The first-order valence-corrected chi connectivity index (χ1v) is 10.1. The molecule has 8 nitrogen and oxygen atoms in total. The molecule has 1 aliphatic rings. The Morgan fingerprint density at radius 1 is 0.971 bits per heavy atom. The van der Waals surface area contributed by atoms with E-state index in [1.54, 1.807) is 0 Å². The predicted molar refractivity (Wildman–Crippen MR) is 119 cm³/mol. The van der Waals surface area contributed by atoms with E-state index in [-0.39, 0.29) is 35.3 Å². The standard InChI is InChI=1S/C24H18F2N4O4/c25-13-3-1-12(2-4-13)9-20(31)30-24(34)29-14-5-6-16(19(26)10-14)15-7-8-17(22(27)32)21-18(15)11-28-23(21)33/h1-8,10H,9,11H2,(H2,27,32)(H,28,33)(H2,29,30,31,34). The van der Waals surface area contributed by atoms with E-state index in [9.17, 15) is 28.0 Å². The maximum absolute atomic E-state index is 14.9. The molecule has 4 rings (SSSR count). The molecule has 0 unspecified atom stereocenters. The molecule has 0 aromatic heterocycles. The zero-order valence-corrected chi connectivity index (χ0v) is 17.6. The Morgan fingerprint density at radius 2 is 1.68 bits per heavy atom. The molecule has 1 heterocycles. The third-order valence-electron chi connectivity index (χ3n) is 5.28. The van der Waals surface area contributed by atoms with Gasteiger partial charge in [-0.05, 0) is 53.1 Å². The fraction of sp³-hybridized carbons (Fsp3) is 0.0833. The number of amides is 5. The van der Waals surface area contributed by atoms with Gasteiger partial charge in [-0.1, -0.05) is 18.2 Å². The van der Waals surface area contributed by atoms with Crippen LogP contribution in [0.4, 0.5) is 19.3 Å². The van der Waals surface area contributed by atoms with E-state index < -0.39 is 35.4 Å². The summed E-state index contributed by atoms with van der Waals surface area (Å²) in [4.78, 5) is 47.9. The zero-order valence-electron chi connectivity index (χ0n) is 17.6. The summed E-state index contributed by atoms with van der Waals surface area (Å²) < 4.78 is 27.9. The average Bonchev–Trinajstić information content (AvgIpc) is 3.16. The third-order valence-corrected chi connectivity index (χ3v) is 5.28. The van der Waals surface area contributed by atoms with Gasteiger partial charge in [0.25, 0.3) is 5.91 Å². The molecule has 5 N–H and O–H groups in total. The van der Waals surface area contributed by atoms with Gasteiger partial charge in [0.05, 0.1) is 17.5 Å². The van der Waals surface area contributed by atoms with E-state index in [4.69, 9.17) is 5.73 Å². The summed E-state index contributed by atoms with van der Waals surface area (Å²) >= 11 is 0. The monoisotopic (exact) mass is 464 g/mol. The van der Waals surface area contributed by atoms with Gasteiger partial charge in [0.15, 0.2) is 0 Å². The Morgan fingerprint density at radius 3 is 2.35 bits per heavy atom. The number of rotatable bonds is 5. The van der Waals surface area contributed by atoms with Gasteiger partial charge in [-0.25, -0.2) is 13.6 Å². The fourth-order valence-corrected chi connectivity index (χ4v) is 3.74. The highest BCUT2D eigenvalue weighted by Gasteiger charge is 2.28. The number of primary amides is 1. The van der Waals surface area contributed by atoms with Gasteiger partial charge in [-0.2, -0.15) is 0 Å². The SMILES string of the molecule is NC(=O)c1ccc(-c2ccc(NC(=O)NC(=O)Cc3ccc(F)cc3)cc2F)c2c1C(=O)NC2. The Hall–Kier alpha value is -4.60. The lowest BCUT2D eigenvalue weighted by Gasteiger charge is -2.12. The summed E-state index contributed by atoms with van der Waals surface area (Å²) in [6, 6.07) is 11.2. The second kappa shape index (κ2) is 9.10. The number of imide groups is 1. The first kappa shape index (κ1) is 22.6. The maximum Gasteiger partial charge on any atom is 0.325 e. The van der Waals surface area contributed by atoms with Crippen LogP contribution in [0, 0.1) is 11.6 Å². The topological polar surface area (TPSA) is 130 Å². The van der Waals surface area contributed by atoms with Gasteiger partial charge in [0, 0.05) is 17.8 Å². The number of carbonyl (C=O) groups excluding carboxylic acids is 4. The molecule has 0 fully saturated rings. The van der Waals surface area contributed by atoms with E-state index >= 15 is 0 Å². The van der Waals surface area contributed by atoms with Gasteiger partial charge in [0.2, 0.25) is 11.8 Å². The minimum atomic E-state index is -0.860. The summed E-state index contributed by atoms with van der Waals surface area (Å²) in [5.41, 5.74) is 7.12. The largest absolute Gasteiger partial charge is 0.366 e. The van der Waals surface area contributed by atoms with Crippen LogP contribution < -0.4 is 21.7 Å². The van der Waals surface area contributed by atoms with Crippen molar-refractivity contribution in [2.45, 2.75) is 13.0 Å². The molecule has 10 heteroatoms. The van der Waals surface area contributed by atoms with Crippen molar-refractivity contribution in [2.75, 3.05) is 5.32 Å². The number of hydrogen-bond acceptors (Lipinski definition) is 4. The average molecular weight is 464 g/mol. The summed E-state index contributed by atoms with van der Waals surface area (Å²) in [6.07, 6.45) is -0.139. The number of carbonyl (C=O) groups is 4. The lowest BCUT2D eigenvalue weighted by atomic mass is 9.92. The number of nitrogens with one attached hydrogen (secondary N) is 3. The zero-order chi connectivity index (χ0) is 24.4. The van der Waals surface area contributed by atoms with Crippen LogP contribution in [0.25, 0.3) is 11.1 Å². The molecule has 1 aliphatic heterocycles. The molecular formula is C24H18F2N4O4. The van der Waals surface area contributed by atoms with Crippen molar-refractivity contribution in [2.24, 2.45) is 5.73 Å². The highest BCUT2D eigenvalue weighted by molar-refractivity contribution is 6.10. The maximum atomic E-state index is 14.9. The minimum Gasteiger partial charge on any atom is -0.366 e. The van der Waals surface area contributed by atoms with Crippen molar-refractivity contribution in [3.8, 4) is 11.1 Å². The minimum absolute atomic E-state index is 0.0504. The molecule has 0 radical (unpaired) electrons. The molecule has 5 amide bonds. The van der Waals surface area contributed by atoms with E-state index in [2.05, 4.69) is 16.0 Å². The van der Waals surface area contributed by atoms with Crippen LogP contribution in [0.15, 0.2) is 54.6 Å². The molecule has 0 spiro atoms. The quantitative estimate of drug-likeness (QED) is 0.463. The Bertz CT molecular complexity index is 1340. The van der Waals surface area contributed by atoms with Gasteiger partial charge < -0.3 is 16.4 Å². The van der Waals surface area contributed by atoms with Gasteiger partial charge in [0.1, 0.15) is 11.6 Å². The molecule has 0 saturated heterocycles. The van der Waals surface area contributed by atoms with Gasteiger partial charge >= 0.3 is 6.03 Å². The van der Waals surface area contributed by atoms with E-state index in [0.717, 1.165) is 6.07 Å². The Balaban J connectivity index is 1.48. The van der Waals surface area contributed by atoms with Crippen molar-refractivity contribution in [3.63, 3.8) is 0 Å². The molecule has 172 valence electrons. The molecule has 0 bridgehead atoms. The van der Waals surface area contributed by atoms with Crippen LogP contribution >= 0.6 is 0 Å². The van der Waals surface area contributed by atoms with Crippen LogP contribution in [-0.2, 0) is 17.8 Å². The molecule has 3 aromatic carbocycles. The summed E-state index contributed by atoms with van der Waals surface area (Å²) in [6.45, 7) is 0.114. The number of urea groups is 1. The highest BCUT2D eigenvalue weighted by atomic mass is 19.1. The molecule has 34 heavy (non-hydrogen) atoms. The number of hydrogen-bond donors (Lipinski definition) is 4. The van der Waals surface area contributed by atoms with E-state index in [0.29, 0.717) is 16.7 Å². The van der Waals surface area contributed by atoms with Crippen LogP contribution in [0.2, 0.25) is 0 Å². The number of fused-ring (bicyclic) bond motifs is 1. The Kier molecular flexibility index (Phi) is 6.05. The van der Waals surface area contributed by atoms with Crippen molar-refractivity contribution >= 4 is 29.4 Å². The van der Waals surface area contributed by atoms with E-state index in [1.165, 1.54) is 48.5 Å². The second-order valence-corrected chi connectivity index (χ2v) is 7.56. The normalized spacial score (nSPS) is 12.0. The molecule has 0 atom stereocenters. The third kappa shape index (κ3) is 4.60. The molecule has 0 aliphatic carbocycles. The van der Waals surface area contributed by atoms with Crippen molar-refractivity contribution in [3.05, 3.63) is 88.5 Å². The molecule has 3 aromatic rings. The van der Waals surface area contributed by atoms with Crippen molar-refractivity contribution in [1.82, 2.24) is 10.6 Å². The summed E-state index contributed by atoms with van der Waals surface area (Å²) in [7, 11) is 0. The lowest BCUT2D eigenvalue weighted by molar-refractivity contribution is -0.119. The van der Waals surface area contributed by atoms with Gasteiger partial charge in [-0.3, -0.25) is 19.7 Å². The lowest BCUT2D eigenvalue weighted by Crippen LogP contribution is -2.35. The van der Waals surface area contributed by atoms with Crippen LogP contribution in [0.5, 0.6) is 0 Å². The summed E-state index contributed by atoms with van der Waals surface area (Å²) in [5.74, 6) is -2.98. The fourth-order valence-electron chi connectivity index (χ4n) is 3.74. The number of halogens is 2. The highest BCUT2D eigenvalue weighted by Crippen LogP contribution is 2.34. The first-order valence-electron chi connectivity index (χ1n) is 10.1. The summed E-state index contributed by atoms with van der Waals surface area (Å²) in [5, 5.41) is 7.09. The van der Waals surface area contributed by atoms with Crippen LogP contribution in [0.3, 0.4) is 0 Å². The predicted octanol–water partition coefficient (Wildman–Crippen LogP) is 2.86. The van der Waals surface area contributed by atoms with Crippen molar-refractivity contribution < 1.29 is 28.0 Å². The first-order chi connectivity index (χ1) is 16.2. The van der Waals surface area contributed by atoms with Gasteiger partial charge in [-0.15, -0.1) is 0 Å². The van der Waals surface area contributed by atoms with Crippen LogP contribution in [-0.4, -0.2) is 23.8 Å². The second-order valence-electron chi connectivity index (χ2n) is 7.56. The molecule has 0 saturated carbocycles. The Labute approximate surface area is 192 Å². The number of anilines is 1.